The maximum atomic E-state index is 5.34. The van der Waals surface area contributed by atoms with Gasteiger partial charge in [0.2, 0.25) is 0 Å². The second-order valence-electron chi connectivity index (χ2n) is 5.05. The molecule has 0 aliphatic carbocycles. The minimum atomic E-state index is 0.597. The van der Waals surface area contributed by atoms with Crippen molar-refractivity contribution in [2.24, 2.45) is 0 Å². The molecule has 0 aliphatic heterocycles. The molecule has 0 saturated heterocycles. The molecule has 3 aromatic rings. The van der Waals surface area contributed by atoms with Gasteiger partial charge in [-0.1, -0.05) is 0 Å². The molecule has 2 N–H and O–H groups in total. The fourth-order valence-corrected chi connectivity index (χ4v) is 3.89. The van der Waals surface area contributed by atoms with Crippen molar-refractivity contribution < 1.29 is 4.74 Å². The molecular formula is C17H17N3OS3. The van der Waals surface area contributed by atoms with E-state index in [9.17, 15) is 0 Å². The van der Waals surface area contributed by atoms with E-state index in [1.165, 1.54) is 9.75 Å². The van der Waals surface area contributed by atoms with Gasteiger partial charge in [0.1, 0.15) is 5.75 Å². The normalized spacial score (nSPS) is 10.4. The highest BCUT2D eigenvalue weighted by atomic mass is 32.1. The average Bonchev–Trinajstić information content (AvgIpc) is 3.22. The lowest BCUT2D eigenvalue weighted by Crippen LogP contribution is -2.27. The van der Waals surface area contributed by atoms with Gasteiger partial charge in [-0.25, -0.2) is 4.98 Å². The average molecular weight is 376 g/mol. The predicted molar refractivity (Wildman–Crippen MR) is 106 cm³/mol. The van der Waals surface area contributed by atoms with Crippen LogP contribution >= 0.6 is 34.9 Å². The van der Waals surface area contributed by atoms with Gasteiger partial charge < -0.3 is 15.4 Å². The van der Waals surface area contributed by atoms with Crippen molar-refractivity contribution in [2.45, 2.75) is 13.5 Å². The lowest BCUT2D eigenvalue weighted by Gasteiger charge is -2.10. The zero-order valence-electron chi connectivity index (χ0n) is 13.3. The number of anilines is 1. The fourth-order valence-electron chi connectivity index (χ4n) is 2.10. The molecular weight excluding hydrogens is 358 g/mol. The Labute approximate surface area is 154 Å². The molecule has 3 rings (SSSR count). The molecule has 0 amide bonds. The van der Waals surface area contributed by atoms with Crippen LogP contribution in [-0.4, -0.2) is 17.2 Å². The lowest BCUT2D eigenvalue weighted by atomic mass is 10.3. The summed E-state index contributed by atoms with van der Waals surface area (Å²) in [5.74, 6) is 0.822. The highest BCUT2D eigenvalue weighted by molar-refractivity contribution is 7.80. The summed E-state index contributed by atoms with van der Waals surface area (Å²) in [7, 11) is 1.65. The molecule has 24 heavy (non-hydrogen) atoms. The van der Waals surface area contributed by atoms with Crippen molar-refractivity contribution in [1.82, 2.24) is 10.3 Å². The van der Waals surface area contributed by atoms with Crippen LogP contribution in [0.3, 0.4) is 0 Å². The summed E-state index contributed by atoms with van der Waals surface area (Å²) in [4.78, 5) is 6.92. The topological polar surface area (TPSA) is 46.2 Å². The Morgan fingerprint density at radius 2 is 2.00 bits per heavy atom. The molecule has 1 aromatic carbocycles. The zero-order chi connectivity index (χ0) is 16.9. The van der Waals surface area contributed by atoms with Gasteiger partial charge in [-0.05, 0) is 55.5 Å². The molecule has 0 radical (unpaired) electrons. The third-order valence-electron chi connectivity index (χ3n) is 3.30. The standard InChI is InChI=1S/C17H17N3OS3/c1-11-19-15(10-23-11)16-8-7-14(24-16)9-18-17(22)20-12-3-5-13(21-2)6-4-12/h3-8,10H,9H2,1-2H3,(H2,18,20,22). The molecule has 2 heterocycles. The van der Waals surface area contributed by atoms with Crippen molar-refractivity contribution in [3.63, 3.8) is 0 Å². The number of nitrogens with one attached hydrogen (secondary N) is 2. The summed E-state index contributed by atoms with van der Waals surface area (Å²) in [5, 5.41) is 10.2. The molecule has 124 valence electrons. The van der Waals surface area contributed by atoms with Crippen LogP contribution in [0.1, 0.15) is 9.88 Å². The van der Waals surface area contributed by atoms with Gasteiger partial charge in [-0.2, -0.15) is 0 Å². The first-order valence-electron chi connectivity index (χ1n) is 7.34. The van der Waals surface area contributed by atoms with Crippen LogP contribution in [0.4, 0.5) is 5.69 Å². The minimum Gasteiger partial charge on any atom is -0.497 e. The van der Waals surface area contributed by atoms with E-state index in [1.54, 1.807) is 29.8 Å². The van der Waals surface area contributed by atoms with E-state index in [-0.39, 0.29) is 0 Å². The monoisotopic (exact) mass is 375 g/mol. The van der Waals surface area contributed by atoms with Gasteiger partial charge in [-0.15, -0.1) is 22.7 Å². The Balaban J connectivity index is 1.53. The number of methoxy groups -OCH3 is 1. The SMILES string of the molecule is COc1ccc(NC(=S)NCc2ccc(-c3csc(C)n3)s2)cc1. The molecule has 0 fully saturated rings. The van der Waals surface area contributed by atoms with Crippen LogP contribution in [0.25, 0.3) is 10.6 Å². The Bertz CT molecular complexity index is 824. The van der Waals surface area contributed by atoms with Crippen LogP contribution in [0.5, 0.6) is 5.75 Å². The van der Waals surface area contributed by atoms with E-state index in [2.05, 4.69) is 33.1 Å². The second-order valence-corrected chi connectivity index (χ2v) is 7.69. The Hall–Kier alpha value is -1.96. The van der Waals surface area contributed by atoms with Gasteiger partial charge in [0.05, 0.1) is 29.2 Å². The van der Waals surface area contributed by atoms with E-state index in [0.29, 0.717) is 11.7 Å². The number of aryl methyl sites for hydroxylation is 1. The van der Waals surface area contributed by atoms with E-state index in [4.69, 9.17) is 17.0 Å². The first kappa shape index (κ1) is 16.9. The Kier molecular flexibility index (Phi) is 5.44. The van der Waals surface area contributed by atoms with Crippen LogP contribution < -0.4 is 15.4 Å². The second kappa shape index (κ2) is 7.74. The molecule has 4 nitrogen and oxygen atoms in total. The molecule has 2 aromatic heterocycles. The first-order chi connectivity index (χ1) is 11.6. The summed E-state index contributed by atoms with van der Waals surface area (Å²) in [5.41, 5.74) is 1.98. The lowest BCUT2D eigenvalue weighted by molar-refractivity contribution is 0.415. The Morgan fingerprint density at radius 3 is 2.67 bits per heavy atom. The number of thiazole rings is 1. The summed E-state index contributed by atoms with van der Waals surface area (Å²) in [6.45, 7) is 2.71. The zero-order valence-corrected chi connectivity index (χ0v) is 15.8. The number of rotatable bonds is 5. The van der Waals surface area contributed by atoms with E-state index >= 15 is 0 Å². The van der Waals surface area contributed by atoms with E-state index in [1.807, 2.05) is 31.2 Å². The number of aromatic nitrogens is 1. The number of hydrogen-bond acceptors (Lipinski definition) is 5. The number of nitrogens with zero attached hydrogens (tertiary/aromatic N) is 1. The smallest absolute Gasteiger partial charge is 0.171 e. The predicted octanol–water partition coefficient (Wildman–Crippen LogP) is 4.68. The maximum absolute atomic E-state index is 5.34. The van der Waals surface area contributed by atoms with Crippen molar-refractivity contribution >= 4 is 45.7 Å². The first-order valence-corrected chi connectivity index (χ1v) is 9.44. The van der Waals surface area contributed by atoms with Crippen molar-refractivity contribution in [3.05, 3.63) is 51.7 Å². The van der Waals surface area contributed by atoms with Crippen LogP contribution in [0.2, 0.25) is 0 Å². The molecule has 7 heteroatoms. The molecule has 0 spiro atoms. The van der Waals surface area contributed by atoms with Crippen LogP contribution in [-0.2, 0) is 6.54 Å². The molecule has 0 saturated carbocycles. The number of benzene rings is 1. The molecule has 0 bridgehead atoms. The van der Waals surface area contributed by atoms with Gasteiger partial charge >= 0.3 is 0 Å². The highest BCUT2D eigenvalue weighted by Crippen LogP contribution is 2.28. The van der Waals surface area contributed by atoms with Gasteiger partial charge in [-0.3, -0.25) is 0 Å². The number of hydrogen-bond donors (Lipinski definition) is 2. The van der Waals surface area contributed by atoms with Gasteiger partial charge in [0.25, 0.3) is 0 Å². The largest absolute Gasteiger partial charge is 0.497 e. The molecule has 0 aliphatic rings. The van der Waals surface area contributed by atoms with Crippen LogP contribution in [0, 0.1) is 6.92 Å². The third-order valence-corrected chi connectivity index (χ3v) is 5.43. The third kappa shape index (κ3) is 4.31. The van der Waals surface area contributed by atoms with Crippen molar-refractivity contribution in [3.8, 4) is 16.3 Å². The molecule has 0 atom stereocenters. The summed E-state index contributed by atoms with van der Waals surface area (Å²) < 4.78 is 5.14. The van der Waals surface area contributed by atoms with Crippen LogP contribution in [0.15, 0.2) is 41.8 Å². The maximum Gasteiger partial charge on any atom is 0.171 e. The highest BCUT2D eigenvalue weighted by Gasteiger charge is 2.06. The molecule has 0 unspecified atom stereocenters. The van der Waals surface area contributed by atoms with E-state index < -0.39 is 0 Å². The summed E-state index contributed by atoms with van der Waals surface area (Å²) in [6, 6.07) is 11.9. The Morgan fingerprint density at radius 1 is 1.21 bits per heavy atom. The number of thiocarbonyl (C=S) groups is 1. The quantitative estimate of drug-likeness (QED) is 0.634. The summed E-state index contributed by atoms with van der Waals surface area (Å²) >= 11 is 8.74. The van der Waals surface area contributed by atoms with E-state index in [0.717, 1.165) is 22.1 Å². The summed E-state index contributed by atoms with van der Waals surface area (Å²) in [6.07, 6.45) is 0. The van der Waals surface area contributed by atoms with Crippen molar-refractivity contribution in [1.29, 1.82) is 0 Å². The fraction of sp³-hybridized carbons (Fsp3) is 0.176. The minimum absolute atomic E-state index is 0.597. The van der Waals surface area contributed by atoms with Gasteiger partial charge in [0, 0.05) is 15.9 Å². The van der Waals surface area contributed by atoms with Gasteiger partial charge in [0.15, 0.2) is 5.11 Å². The number of ether oxygens (including phenoxy) is 1. The van der Waals surface area contributed by atoms with Crippen molar-refractivity contribution in [2.75, 3.05) is 12.4 Å². The number of thiophene rings is 1.